The molecule has 0 bridgehead atoms. The predicted molar refractivity (Wildman–Crippen MR) is 86.6 cm³/mol. The van der Waals surface area contributed by atoms with Crippen molar-refractivity contribution in [3.05, 3.63) is 28.6 Å². The van der Waals surface area contributed by atoms with Crippen LogP contribution in [0.2, 0.25) is 0 Å². The number of nitrogens with zero attached hydrogens (tertiary/aromatic N) is 1. The van der Waals surface area contributed by atoms with Gasteiger partial charge in [0.1, 0.15) is 4.88 Å². The molecule has 6 heteroatoms. The molecule has 1 heterocycles. The molecule has 0 aliphatic heterocycles. The van der Waals surface area contributed by atoms with Crippen LogP contribution in [0.15, 0.2) is 18.2 Å². The summed E-state index contributed by atoms with van der Waals surface area (Å²) in [4.78, 5) is 25.9. The summed E-state index contributed by atoms with van der Waals surface area (Å²) in [6, 6.07) is 5.93. The zero-order chi connectivity index (χ0) is 15.6. The summed E-state index contributed by atoms with van der Waals surface area (Å²) in [6.45, 7) is 4.40. The fourth-order valence-corrected chi connectivity index (χ4v) is 3.20. The van der Waals surface area contributed by atoms with Crippen molar-refractivity contribution in [3.63, 3.8) is 0 Å². The SMILES string of the molecule is CCNC(=O)CN(C)C(=O)c1sc2ccc(C)cc2c1N. The molecule has 5 nitrogen and oxygen atoms in total. The summed E-state index contributed by atoms with van der Waals surface area (Å²) in [5.41, 5.74) is 7.69. The van der Waals surface area contributed by atoms with Gasteiger partial charge in [-0.1, -0.05) is 11.6 Å². The molecule has 0 fully saturated rings. The number of thiophene rings is 1. The number of nitrogens with two attached hydrogens (primary N) is 1. The molecule has 0 atom stereocenters. The van der Waals surface area contributed by atoms with Crippen LogP contribution in [0.1, 0.15) is 22.2 Å². The van der Waals surface area contributed by atoms with Gasteiger partial charge in [0.25, 0.3) is 5.91 Å². The molecule has 3 N–H and O–H groups in total. The highest BCUT2D eigenvalue weighted by Crippen LogP contribution is 2.34. The number of rotatable bonds is 4. The minimum Gasteiger partial charge on any atom is -0.397 e. The molecule has 0 radical (unpaired) electrons. The highest BCUT2D eigenvalue weighted by molar-refractivity contribution is 7.21. The lowest BCUT2D eigenvalue weighted by atomic mass is 10.1. The molecule has 1 aromatic heterocycles. The van der Waals surface area contributed by atoms with Crippen LogP contribution < -0.4 is 11.1 Å². The van der Waals surface area contributed by atoms with Crippen LogP contribution in [0.25, 0.3) is 10.1 Å². The van der Waals surface area contributed by atoms with E-state index in [2.05, 4.69) is 5.32 Å². The number of benzene rings is 1. The first-order valence-electron chi connectivity index (χ1n) is 6.74. The van der Waals surface area contributed by atoms with E-state index in [1.165, 1.54) is 16.2 Å². The summed E-state index contributed by atoms with van der Waals surface area (Å²) in [6.07, 6.45) is 0. The van der Waals surface area contributed by atoms with Gasteiger partial charge in [-0.2, -0.15) is 0 Å². The number of carbonyl (C=O) groups excluding carboxylic acids is 2. The van der Waals surface area contributed by atoms with Gasteiger partial charge in [-0.3, -0.25) is 9.59 Å². The average molecular weight is 305 g/mol. The van der Waals surface area contributed by atoms with Gasteiger partial charge in [-0.15, -0.1) is 11.3 Å². The maximum Gasteiger partial charge on any atom is 0.266 e. The van der Waals surface area contributed by atoms with Crippen molar-refractivity contribution in [2.75, 3.05) is 25.9 Å². The third kappa shape index (κ3) is 3.16. The number of aryl methyl sites for hydroxylation is 1. The smallest absolute Gasteiger partial charge is 0.266 e. The minimum absolute atomic E-state index is 0.0272. The quantitative estimate of drug-likeness (QED) is 0.907. The van der Waals surface area contributed by atoms with E-state index >= 15 is 0 Å². The standard InChI is InChI=1S/C15H19N3O2S/c1-4-17-12(19)8-18(3)15(20)14-13(16)10-7-9(2)5-6-11(10)21-14/h5-7H,4,8,16H2,1-3H3,(H,17,19). The number of hydrogen-bond acceptors (Lipinski definition) is 4. The molecule has 0 saturated carbocycles. The molecular formula is C15H19N3O2S. The Morgan fingerprint density at radius 1 is 1.38 bits per heavy atom. The minimum atomic E-state index is -0.224. The maximum absolute atomic E-state index is 12.4. The summed E-state index contributed by atoms with van der Waals surface area (Å²) >= 11 is 1.36. The first kappa shape index (κ1) is 15.3. The second-order valence-corrected chi connectivity index (χ2v) is 6.01. The lowest BCUT2D eigenvalue weighted by molar-refractivity contribution is -0.121. The van der Waals surface area contributed by atoms with Crippen LogP contribution in [0.5, 0.6) is 0 Å². The van der Waals surface area contributed by atoms with Crippen LogP contribution in [0, 0.1) is 6.92 Å². The van der Waals surface area contributed by atoms with E-state index in [-0.39, 0.29) is 18.4 Å². The molecule has 2 rings (SSSR count). The van der Waals surface area contributed by atoms with Crippen LogP contribution in [-0.4, -0.2) is 36.9 Å². The first-order valence-corrected chi connectivity index (χ1v) is 7.56. The number of nitrogen functional groups attached to an aromatic ring is 1. The molecule has 2 aromatic rings. The molecule has 0 unspecified atom stereocenters. The highest BCUT2D eigenvalue weighted by atomic mass is 32.1. The number of carbonyl (C=O) groups is 2. The summed E-state index contributed by atoms with van der Waals surface area (Å²) in [7, 11) is 1.60. The van der Waals surface area contributed by atoms with Crippen molar-refractivity contribution >= 4 is 38.9 Å². The van der Waals surface area contributed by atoms with Gasteiger partial charge in [0.2, 0.25) is 5.91 Å². The topological polar surface area (TPSA) is 75.4 Å². The summed E-state index contributed by atoms with van der Waals surface area (Å²) in [5, 5.41) is 3.57. The Morgan fingerprint density at radius 2 is 2.10 bits per heavy atom. The largest absolute Gasteiger partial charge is 0.397 e. The highest BCUT2D eigenvalue weighted by Gasteiger charge is 2.21. The Morgan fingerprint density at radius 3 is 2.76 bits per heavy atom. The number of nitrogens with one attached hydrogen (secondary N) is 1. The molecule has 2 amide bonds. The second kappa shape index (κ2) is 6.13. The Kier molecular flexibility index (Phi) is 4.47. The van der Waals surface area contributed by atoms with Crippen molar-refractivity contribution in [2.45, 2.75) is 13.8 Å². The normalized spacial score (nSPS) is 10.6. The third-order valence-corrected chi connectivity index (χ3v) is 4.35. The number of fused-ring (bicyclic) bond motifs is 1. The van der Waals surface area contributed by atoms with Crippen molar-refractivity contribution in [2.24, 2.45) is 0 Å². The van der Waals surface area contributed by atoms with E-state index in [0.717, 1.165) is 15.6 Å². The van der Waals surface area contributed by atoms with Crippen molar-refractivity contribution in [1.29, 1.82) is 0 Å². The second-order valence-electron chi connectivity index (χ2n) is 4.96. The third-order valence-electron chi connectivity index (χ3n) is 3.18. The summed E-state index contributed by atoms with van der Waals surface area (Å²) in [5.74, 6) is -0.401. The van der Waals surface area contributed by atoms with Gasteiger partial charge in [0, 0.05) is 23.7 Å². The van der Waals surface area contributed by atoms with E-state index in [0.29, 0.717) is 17.1 Å². The molecule has 112 valence electrons. The van der Waals surface area contributed by atoms with E-state index in [1.54, 1.807) is 7.05 Å². The fraction of sp³-hybridized carbons (Fsp3) is 0.333. The van der Waals surface area contributed by atoms with Gasteiger partial charge in [0.15, 0.2) is 0 Å². The lowest BCUT2D eigenvalue weighted by Crippen LogP contribution is -2.38. The Bertz CT molecular complexity index is 694. The Hall–Kier alpha value is -2.08. The molecule has 1 aromatic carbocycles. The van der Waals surface area contributed by atoms with Crippen LogP contribution in [0.4, 0.5) is 5.69 Å². The van der Waals surface area contributed by atoms with Gasteiger partial charge >= 0.3 is 0 Å². The first-order chi connectivity index (χ1) is 9.93. The monoisotopic (exact) mass is 305 g/mol. The fourth-order valence-electron chi connectivity index (χ4n) is 2.10. The van der Waals surface area contributed by atoms with E-state index in [9.17, 15) is 9.59 Å². The van der Waals surface area contributed by atoms with Gasteiger partial charge < -0.3 is 16.0 Å². The molecule has 0 aliphatic carbocycles. The number of hydrogen-bond donors (Lipinski definition) is 2. The Labute approximate surface area is 127 Å². The zero-order valence-electron chi connectivity index (χ0n) is 12.4. The van der Waals surface area contributed by atoms with E-state index < -0.39 is 0 Å². The average Bonchev–Trinajstić information content (AvgIpc) is 2.75. The van der Waals surface area contributed by atoms with E-state index in [1.807, 2.05) is 32.0 Å². The van der Waals surface area contributed by atoms with Crippen molar-refractivity contribution in [3.8, 4) is 0 Å². The van der Waals surface area contributed by atoms with Gasteiger partial charge in [0.05, 0.1) is 12.2 Å². The molecule has 21 heavy (non-hydrogen) atoms. The van der Waals surface area contributed by atoms with E-state index in [4.69, 9.17) is 5.73 Å². The van der Waals surface area contributed by atoms with Crippen LogP contribution in [-0.2, 0) is 4.79 Å². The Balaban J connectivity index is 2.27. The lowest BCUT2D eigenvalue weighted by Gasteiger charge is -2.15. The number of anilines is 1. The summed E-state index contributed by atoms with van der Waals surface area (Å²) < 4.78 is 0.979. The van der Waals surface area contributed by atoms with Crippen molar-refractivity contribution < 1.29 is 9.59 Å². The number of amides is 2. The number of likely N-dealkylation sites (N-methyl/N-ethyl adjacent to an activating group) is 2. The molecule has 0 spiro atoms. The van der Waals surface area contributed by atoms with Gasteiger partial charge in [-0.25, -0.2) is 0 Å². The molecule has 0 saturated heterocycles. The van der Waals surface area contributed by atoms with Crippen molar-refractivity contribution in [1.82, 2.24) is 10.2 Å². The predicted octanol–water partition coefficient (Wildman–Crippen LogP) is 2.00. The molecule has 0 aliphatic rings. The van der Waals surface area contributed by atoms with Crippen LogP contribution >= 0.6 is 11.3 Å². The molecular weight excluding hydrogens is 286 g/mol. The van der Waals surface area contributed by atoms with Crippen LogP contribution in [0.3, 0.4) is 0 Å². The zero-order valence-corrected chi connectivity index (χ0v) is 13.2. The van der Waals surface area contributed by atoms with Gasteiger partial charge in [-0.05, 0) is 26.0 Å². The maximum atomic E-state index is 12.4.